The molecular weight excluding hydrogens is 236 g/mol. The summed E-state index contributed by atoms with van der Waals surface area (Å²) < 4.78 is 0. The van der Waals surface area contributed by atoms with Crippen molar-refractivity contribution >= 4 is 5.69 Å². The van der Waals surface area contributed by atoms with Crippen LogP contribution in [0.5, 0.6) is 0 Å². The number of aliphatic hydroxyl groups excluding tert-OH is 1. The van der Waals surface area contributed by atoms with Crippen LogP contribution >= 0.6 is 0 Å². The van der Waals surface area contributed by atoms with Gasteiger partial charge in [0.2, 0.25) is 0 Å². The van der Waals surface area contributed by atoms with Crippen molar-refractivity contribution < 1.29 is 5.11 Å². The Hall–Kier alpha value is -1.53. The van der Waals surface area contributed by atoms with Crippen molar-refractivity contribution in [2.24, 2.45) is 5.41 Å². The zero-order valence-electron chi connectivity index (χ0n) is 11.9. The lowest BCUT2D eigenvalue weighted by molar-refractivity contribution is 0.288. The molecule has 0 bridgehead atoms. The first-order valence-corrected chi connectivity index (χ1v) is 6.88. The van der Waals surface area contributed by atoms with Crippen LogP contribution < -0.4 is 5.32 Å². The first-order chi connectivity index (χ1) is 9.07. The zero-order valence-corrected chi connectivity index (χ0v) is 11.9. The summed E-state index contributed by atoms with van der Waals surface area (Å²) in [7, 11) is 0. The minimum absolute atomic E-state index is 0.122. The molecule has 104 valence electrons. The number of aliphatic hydroxyl groups is 1. The molecule has 3 heteroatoms. The number of hydrogen-bond acceptors (Lipinski definition) is 3. The van der Waals surface area contributed by atoms with E-state index in [4.69, 9.17) is 10.4 Å². The number of aryl methyl sites for hydroxylation is 1. The van der Waals surface area contributed by atoms with Gasteiger partial charge in [-0.2, -0.15) is 5.26 Å². The second-order valence-electron chi connectivity index (χ2n) is 5.70. The third kappa shape index (κ3) is 6.26. The van der Waals surface area contributed by atoms with E-state index in [0.29, 0.717) is 6.42 Å². The van der Waals surface area contributed by atoms with Crippen LogP contribution in [0.3, 0.4) is 0 Å². The van der Waals surface area contributed by atoms with Gasteiger partial charge in [-0.15, -0.1) is 0 Å². The Kier molecular flexibility index (Phi) is 6.38. The third-order valence-corrected chi connectivity index (χ3v) is 3.24. The van der Waals surface area contributed by atoms with Gasteiger partial charge in [0, 0.05) is 25.3 Å². The fraction of sp³-hybridized carbons (Fsp3) is 0.562. The van der Waals surface area contributed by atoms with E-state index < -0.39 is 0 Å². The van der Waals surface area contributed by atoms with E-state index >= 15 is 0 Å². The zero-order chi connectivity index (χ0) is 14.1. The van der Waals surface area contributed by atoms with Crippen molar-refractivity contribution in [3.63, 3.8) is 0 Å². The molecule has 3 nitrogen and oxygen atoms in total. The molecule has 0 aliphatic carbocycles. The highest BCUT2D eigenvalue weighted by atomic mass is 16.2. The lowest BCUT2D eigenvalue weighted by Gasteiger charge is -2.24. The largest absolute Gasteiger partial charge is 0.396 e. The maximum absolute atomic E-state index is 8.85. The molecular formula is C16H24N2O. The fourth-order valence-corrected chi connectivity index (χ4v) is 1.94. The van der Waals surface area contributed by atoms with Crippen LogP contribution in [0.1, 0.15) is 38.7 Å². The Morgan fingerprint density at radius 2 is 2.16 bits per heavy atom. The maximum Gasteiger partial charge on any atom is 0.0621 e. The van der Waals surface area contributed by atoms with Crippen molar-refractivity contribution in [2.45, 2.75) is 39.5 Å². The molecule has 2 N–H and O–H groups in total. The Labute approximate surface area is 116 Å². The number of rotatable bonds is 8. The van der Waals surface area contributed by atoms with Gasteiger partial charge in [0.1, 0.15) is 0 Å². The van der Waals surface area contributed by atoms with Gasteiger partial charge < -0.3 is 10.4 Å². The number of anilines is 1. The number of nitrogens with one attached hydrogen (secondary N) is 1. The molecule has 0 aliphatic heterocycles. The highest BCUT2D eigenvalue weighted by molar-refractivity contribution is 5.45. The smallest absolute Gasteiger partial charge is 0.0621 e. The molecule has 0 aliphatic rings. The lowest BCUT2D eigenvalue weighted by atomic mass is 9.88. The Balaban J connectivity index is 2.50. The first-order valence-electron chi connectivity index (χ1n) is 6.88. The quantitative estimate of drug-likeness (QED) is 0.753. The lowest BCUT2D eigenvalue weighted by Crippen LogP contribution is -2.22. The van der Waals surface area contributed by atoms with Gasteiger partial charge in [-0.3, -0.25) is 0 Å². The normalized spacial score (nSPS) is 11.1. The molecule has 0 spiro atoms. The molecule has 0 saturated carbocycles. The number of nitriles is 1. The van der Waals surface area contributed by atoms with Crippen LogP contribution in [-0.2, 0) is 6.42 Å². The third-order valence-electron chi connectivity index (χ3n) is 3.24. The van der Waals surface area contributed by atoms with E-state index in [1.807, 2.05) is 6.07 Å². The SMILES string of the molecule is CC(C)(CCC#N)CNc1cccc(CCCO)c1. The molecule has 19 heavy (non-hydrogen) atoms. The Morgan fingerprint density at radius 3 is 2.84 bits per heavy atom. The van der Waals surface area contributed by atoms with Gasteiger partial charge >= 0.3 is 0 Å². The van der Waals surface area contributed by atoms with Crippen molar-refractivity contribution in [1.29, 1.82) is 5.26 Å². The molecule has 0 radical (unpaired) electrons. The summed E-state index contributed by atoms with van der Waals surface area (Å²) in [6, 6.07) is 10.5. The highest BCUT2D eigenvalue weighted by Crippen LogP contribution is 2.23. The van der Waals surface area contributed by atoms with Crippen LogP contribution in [0.2, 0.25) is 0 Å². The summed E-state index contributed by atoms with van der Waals surface area (Å²) in [5, 5.41) is 20.9. The van der Waals surface area contributed by atoms with E-state index in [9.17, 15) is 0 Å². The molecule has 0 aromatic heterocycles. The van der Waals surface area contributed by atoms with Gasteiger partial charge in [-0.05, 0) is 42.4 Å². The Bertz CT molecular complexity index is 421. The van der Waals surface area contributed by atoms with E-state index in [1.54, 1.807) is 0 Å². The van der Waals surface area contributed by atoms with Gasteiger partial charge in [0.05, 0.1) is 6.07 Å². The summed E-state index contributed by atoms with van der Waals surface area (Å²) in [4.78, 5) is 0. The van der Waals surface area contributed by atoms with Crippen molar-refractivity contribution in [1.82, 2.24) is 0 Å². The van der Waals surface area contributed by atoms with Crippen LogP contribution in [-0.4, -0.2) is 18.3 Å². The predicted octanol–water partition coefficient (Wildman–Crippen LogP) is 3.35. The van der Waals surface area contributed by atoms with Gasteiger partial charge in [-0.25, -0.2) is 0 Å². The summed E-state index contributed by atoms with van der Waals surface area (Å²) in [5.74, 6) is 0. The van der Waals surface area contributed by atoms with Crippen LogP contribution in [0.4, 0.5) is 5.69 Å². The van der Waals surface area contributed by atoms with Gasteiger partial charge in [0.25, 0.3) is 0 Å². The van der Waals surface area contributed by atoms with Crippen LogP contribution in [0.25, 0.3) is 0 Å². The fourth-order valence-electron chi connectivity index (χ4n) is 1.94. The number of nitrogens with zero attached hydrogens (tertiary/aromatic N) is 1. The maximum atomic E-state index is 8.85. The minimum atomic E-state index is 0.122. The van der Waals surface area contributed by atoms with Crippen molar-refractivity contribution in [2.75, 3.05) is 18.5 Å². The molecule has 0 amide bonds. The van der Waals surface area contributed by atoms with Gasteiger partial charge in [0.15, 0.2) is 0 Å². The number of benzene rings is 1. The average molecular weight is 260 g/mol. The van der Waals surface area contributed by atoms with Crippen LogP contribution in [0, 0.1) is 16.7 Å². The summed E-state index contributed by atoms with van der Waals surface area (Å²) >= 11 is 0. The predicted molar refractivity (Wildman–Crippen MR) is 79.0 cm³/mol. The molecule has 1 rings (SSSR count). The second kappa shape index (κ2) is 7.81. The van der Waals surface area contributed by atoms with Crippen LogP contribution in [0.15, 0.2) is 24.3 Å². The first kappa shape index (κ1) is 15.5. The molecule has 1 aromatic rings. The van der Waals surface area contributed by atoms with E-state index in [-0.39, 0.29) is 12.0 Å². The van der Waals surface area contributed by atoms with E-state index in [1.165, 1.54) is 5.56 Å². The topological polar surface area (TPSA) is 56.0 Å². The summed E-state index contributed by atoms with van der Waals surface area (Å²) in [5.41, 5.74) is 2.48. The minimum Gasteiger partial charge on any atom is -0.396 e. The van der Waals surface area contributed by atoms with Crippen molar-refractivity contribution in [3.05, 3.63) is 29.8 Å². The Morgan fingerprint density at radius 1 is 1.37 bits per heavy atom. The summed E-state index contributed by atoms with van der Waals surface area (Å²) in [6.07, 6.45) is 3.22. The monoisotopic (exact) mass is 260 g/mol. The molecule has 0 atom stereocenters. The summed E-state index contributed by atoms with van der Waals surface area (Å²) in [6.45, 7) is 5.44. The molecule has 0 saturated heterocycles. The van der Waals surface area contributed by atoms with E-state index in [2.05, 4.69) is 43.4 Å². The molecule has 0 fully saturated rings. The standard InChI is InChI=1S/C16H24N2O/c1-16(2,9-5-10-17)13-18-15-8-3-6-14(12-15)7-4-11-19/h3,6,8,12,18-19H,4-5,7,9,11,13H2,1-2H3. The number of hydrogen-bond donors (Lipinski definition) is 2. The molecule has 1 aromatic carbocycles. The second-order valence-corrected chi connectivity index (χ2v) is 5.70. The highest BCUT2D eigenvalue weighted by Gasteiger charge is 2.16. The van der Waals surface area contributed by atoms with Crippen molar-refractivity contribution in [3.8, 4) is 6.07 Å². The molecule has 0 unspecified atom stereocenters. The average Bonchev–Trinajstić information content (AvgIpc) is 2.41. The molecule has 0 heterocycles. The van der Waals surface area contributed by atoms with E-state index in [0.717, 1.165) is 31.5 Å². The van der Waals surface area contributed by atoms with Gasteiger partial charge in [-0.1, -0.05) is 26.0 Å².